The molecular formula is C20H33IN4O2. The van der Waals surface area contributed by atoms with Gasteiger partial charge < -0.3 is 20.1 Å². The summed E-state index contributed by atoms with van der Waals surface area (Å²) >= 11 is 0. The Kier molecular flexibility index (Phi) is 10.2. The van der Waals surface area contributed by atoms with Crippen LogP contribution >= 0.6 is 24.0 Å². The van der Waals surface area contributed by atoms with Crippen LogP contribution < -0.4 is 15.4 Å². The third-order valence-electron chi connectivity index (χ3n) is 4.91. The van der Waals surface area contributed by atoms with Crippen molar-refractivity contribution in [2.45, 2.75) is 57.6 Å². The average Bonchev–Trinajstić information content (AvgIpc) is 3.35. The minimum Gasteiger partial charge on any atom is -0.474 e. The third-order valence-corrected chi connectivity index (χ3v) is 4.91. The summed E-state index contributed by atoms with van der Waals surface area (Å²) in [5.41, 5.74) is 1.06. The van der Waals surface area contributed by atoms with E-state index in [4.69, 9.17) is 9.47 Å². The van der Waals surface area contributed by atoms with Crippen molar-refractivity contribution < 1.29 is 9.47 Å². The summed E-state index contributed by atoms with van der Waals surface area (Å²) in [4.78, 5) is 8.71. The molecule has 6 nitrogen and oxygen atoms in total. The number of rotatable bonds is 10. The number of pyridine rings is 1. The summed E-state index contributed by atoms with van der Waals surface area (Å²) in [7, 11) is 1.79. The van der Waals surface area contributed by atoms with Gasteiger partial charge in [-0.3, -0.25) is 4.99 Å². The quantitative estimate of drug-likeness (QED) is 0.229. The van der Waals surface area contributed by atoms with E-state index in [0.29, 0.717) is 12.6 Å². The van der Waals surface area contributed by atoms with Crippen LogP contribution in [0.25, 0.3) is 0 Å². The van der Waals surface area contributed by atoms with Crippen LogP contribution in [0.2, 0.25) is 0 Å². The van der Waals surface area contributed by atoms with Gasteiger partial charge >= 0.3 is 0 Å². The highest BCUT2D eigenvalue weighted by atomic mass is 127. The van der Waals surface area contributed by atoms with E-state index in [9.17, 15) is 0 Å². The van der Waals surface area contributed by atoms with Gasteiger partial charge in [0.25, 0.3) is 0 Å². The zero-order valence-corrected chi connectivity index (χ0v) is 18.6. The maximum Gasteiger partial charge on any atom is 0.218 e. The molecule has 0 saturated heterocycles. The van der Waals surface area contributed by atoms with Crippen molar-refractivity contribution in [2.24, 2.45) is 10.9 Å². The second-order valence-electron chi connectivity index (χ2n) is 7.22. The summed E-state index contributed by atoms with van der Waals surface area (Å²) < 4.78 is 11.8. The standard InChI is InChI=1S/C20H32N4O2.HI/c1-21-20(23-12-5-13-25-15-16-9-10-16)24-14-17-6-4-11-22-19(17)26-18-7-2-3-8-18;/h4,6,11,16,18H,2-3,5,7-10,12-15H2,1H3,(H2,21,23,24);1H. The lowest BCUT2D eigenvalue weighted by molar-refractivity contribution is 0.123. The molecule has 0 aliphatic heterocycles. The van der Waals surface area contributed by atoms with Crippen molar-refractivity contribution in [2.75, 3.05) is 26.8 Å². The van der Waals surface area contributed by atoms with E-state index in [1.165, 1.54) is 25.7 Å². The van der Waals surface area contributed by atoms with Crippen molar-refractivity contribution in [3.05, 3.63) is 23.9 Å². The topological polar surface area (TPSA) is 67.8 Å². The van der Waals surface area contributed by atoms with E-state index < -0.39 is 0 Å². The molecular weight excluding hydrogens is 455 g/mol. The van der Waals surface area contributed by atoms with Gasteiger partial charge in [-0.15, -0.1) is 24.0 Å². The molecule has 2 N–H and O–H groups in total. The zero-order valence-electron chi connectivity index (χ0n) is 16.3. The molecule has 0 radical (unpaired) electrons. The van der Waals surface area contributed by atoms with Crippen LogP contribution in [0, 0.1) is 5.92 Å². The fraction of sp³-hybridized carbons (Fsp3) is 0.700. The van der Waals surface area contributed by atoms with E-state index in [0.717, 1.165) is 62.3 Å². The predicted molar refractivity (Wildman–Crippen MR) is 119 cm³/mol. The number of nitrogens with one attached hydrogen (secondary N) is 2. The van der Waals surface area contributed by atoms with Gasteiger partial charge in [-0.25, -0.2) is 4.98 Å². The minimum atomic E-state index is 0. The summed E-state index contributed by atoms with van der Waals surface area (Å²) in [6, 6.07) is 4.01. The highest BCUT2D eigenvalue weighted by Crippen LogP contribution is 2.28. The van der Waals surface area contributed by atoms with Crippen molar-refractivity contribution in [3.63, 3.8) is 0 Å². The fourth-order valence-corrected chi connectivity index (χ4v) is 3.14. The molecule has 7 heteroatoms. The van der Waals surface area contributed by atoms with E-state index in [1.54, 1.807) is 13.2 Å². The first-order valence-electron chi connectivity index (χ1n) is 9.98. The summed E-state index contributed by atoms with van der Waals surface area (Å²) in [6.07, 6.45) is 10.6. The van der Waals surface area contributed by atoms with Gasteiger partial charge in [0.05, 0.1) is 0 Å². The Labute approximate surface area is 179 Å². The molecule has 2 saturated carbocycles. The molecule has 0 bridgehead atoms. The molecule has 1 aromatic heterocycles. The van der Waals surface area contributed by atoms with Gasteiger partial charge in [-0.2, -0.15) is 0 Å². The SMILES string of the molecule is CN=C(NCCCOCC1CC1)NCc1cccnc1OC1CCCC1.I. The average molecular weight is 488 g/mol. The second kappa shape index (κ2) is 12.4. The molecule has 1 aromatic rings. The molecule has 0 aromatic carbocycles. The highest BCUT2D eigenvalue weighted by molar-refractivity contribution is 14.0. The maximum atomic E-state index is 6.09. The highest BCUT2D eigenvalue weighted by Gasteiger charge is 2.21. The van der Waals surface area contributed by atoms with Crippen molar-refractivity contribution in [1.82, 2.24) is 15.6 Å². The second-order valence-corrected chi connectivity index (χ2v) is 7.22. The Morgan fingerprint density at radius 2 is 2.04 bits per heavy atom. The Hall–Kier alpha value is -1.09. The van der Waals surface area contributed by atoms with Gasteiger partial charge in [0, 0.05) is 45.1 Å². The van der Waals surface area contributed by atoms with Crippen LogP contribution in [0.5, 0.6) is 5.88 Å². The Balaban J connectivity index is 0.00000261. The van der Waals surface area contributed by atoms with E-state index in [-0.39, 0.29) is 24.0 Å². The van der Waals surface area contributed by atoms with Gasteiger partial charge in [-0.1, -0.05) is 6.07 Å². The molecule has 2 aliphatic rings. The molecule has 152 valence electrons. The molecule has 27 heavy (non-hydrogen) atoms. The number of nitrogens with zero attached hydrogens (tertiary/aromatic N) is 2. The van der Waals surface area contributed by atoms with Gasteiger partial charge in [0.1, 0.15) is 6.10 Å². The van der Waals surface area contributed by atoms with E-state index in [2.05, 4.69) is 26.7 Å². The van der Waals surface area contributed by atoms with Gasteiger partial charge in [0.2, 0.25) is 5.88 Å². The van der Waals surface area contributed by atoms with Crippen LogP contribution in [0.4, 0.5) is 0 Å². The number of hydrogen-bond acceptors (Lipinski definition) is 4. The van der Waals surface area contributed by atoms with Crippen molar-refractivity contribution in [3.8, 4) is 5.88 Å². The number of ether oxygens (including phenoxy) is 2. The first-order chi connectivity index (χ1) is 12.8. The van der Waals surface area contributed by atoms with Crippen LogP contribution in [0.1, 0.15) is 50.5 Å². The third kappa shape index (κ3) is 8.21. The summed E-state index contributed by atoms with van der Waals surface area (Å²) in [5, 5.41) is 6.68. The number of guanidine groups is 1. The Morgan fingerprint density at radius 1 is 1.22 bits per heavy atom. The number of aromatic nitrogens is 1. The fourth-order valence-electron chi connectivity index (χ4n) is 3.14. The van der Waals surface area contributed by atoms with E-state index >= 15 is 0 Å². The monoisotopic (exact) mass is 488 g/mol. The van der Waals surface area contributed by atoms with Gasteiger partial charge in [0.15, 0.2) is 5.96 Å². The Morgan fingerprint density at radius 3 is 2.78 bits per heavy atom. The lowest BCUT2D eigenvalue weighted by Gasteiger charge is -2.16. The Bertz CT molecular complexity index is 575. The number of hydrogen-bond donors (Lipinski definition) is 2. The molecule has 3 rings (SSSR count). The largest absolute Gasteiger partial charge is 0.474 e. The molecule has 0 unspecified atom stereocenters. The molecule has 0 atom stereocenters. The van der Waals surface area contributed by atoms with Gasteiger partial charge in [-0.05, 0) is 56.9 Å². The van der Waals surface area contributed by atoms with Crippen LogP contribution in [-0.2, 0) is 11.3 Å². The first kappa shape index (κ1) is 22.2. The number of halogens is 1. The zero-order chi connectivity index (χ0) is 18.0. The minimum absolute atomic E-state index is 0. The summed E-state index contributed by atoms with van der Waals surface area (Å²) in [5.74, 6) is 2.37. The lowest BCUT2D eigenvalue weighted by Crippen LogP contribution is -2.37. The van der Waals surface area contributed by atoms with E-state index in [1.807, 2.05) is 6.07 Å². The van der Waals surface area contributed by atoms with Crippen LogP contribution in [0.15, 0.2) is 23.3 Å². The molecule has 0 amide bonds. The van der Waals surface area contributed by atoms with Crippen molar-refractivity contribution >= 4 is 29.9 Å². The lowest BCUT2D eigenvalue weighted by atomic mass is 10.2. The molecule has 2 fully saturated rings. The summed E-state index contributed by atoms with van der Waals surface area (Å²) in [6.45, 7) is 3.23. The smallest absolute Gasteiger partial charge is 0.218 e. The first-order valence-corrected chi connectivity index (χ1v) is 9.98. The maximum absolute atomic E-state index is 6.09. The normalized spacial score (nSPS) is 17.4. The van der Waals surface area contributed by atoms with Crippen LogP contribution in [0.3, 0.4) is 0 Å². The number of aliphatic imine (C=N–C) groups is 1. The van der Waals surface area contributed by atoms with Crippen LogP contribution in [-0.4, -0.2) is 43.9 Å². The van der Waals surface area contributed by atoms with Crippen molar-refractivity contribution in [1.29, 1.82) is 0 Å². The molecule has 1 heterocycles. The predicted octanol–water partition coefficient (Wildman–Crippen LogP) is 3.50. The molecule has 0 spiro atoms. The molecule has 2 aliphatic carbocycles.